The van der Waals surface area contributed by atoms with E-state index < -0.39 is 22.2 Å². The van der Waals surface area contributed by atoms with E-state index in [1.807, 2.05) is 6.92 Å². The van der Waals surface area contributed by atoms with Crippen molar-refractivity contribution in [1.82, 2.24) is 0 Å². The fourth-order valence-electron chi connectivity index (χ4n) is 1.39. The smallest absolute Gasteiger partial charge is 0.342 e. The number of carboxylic acid groups (broad SMARTS) is 1. The fourth-order valence-corrected chi connectivity index (χ4v) is 1.39. The van der Waals surface area contributed by atoms with Crippen LogP contribution in [0.25, 0.3) is 0 Å². The molecular formula is C12H16N2O5. The molecule has 0 bridgehead atoms. The maximum atomic E-state index is 10.8. The van der Waals surface area contributed by atoms with Crippen molar-refractivity contribution in [1.29, 1.82) is 0 Å². The van der Waals surface area contributed by atoms with E-state index in [1.165, 1.54) is 12.1 Å². The van der Waals surface area contributed by atoms with E-state index in [9.17, 15) is 20.0 Å². The molecule has 0 amide bonds. The molecule has 0 radical (unpaired) electrons. The molecule has 1 unspecified atom stereocenters. The molecule has 1 atom stereocenters. The third-order valence-corrected chi connectivity index (χ3v) is 2.86. The highest BCUT2D eigenvalue weighted by molar-refractivity contribution is 5.93. The number of nitro groups is 1. The van der Waals surface area contributed by atoms with Gasteiger partial charge in [-0.3, -0.25) is 10.1 Å². The van der Waals surface area contributed by atoms with E-state index in [0.29, 0.717) is 12.1 Å². The SMILES string of the molecule is CCC(C)(O)CNc1ccc(C(=O)O)c([N+](=O)[O-])c1. The molecule has 1 aromatic rings. The van der Waals surface area contributed by atoms with E-state index in [4.69, 9.17) is 5.11 Å². The van der Waals surface area contributed by atoms with Crippen LogP contribution in [0.1, 0.15) is 30.6 Å². The number of carboxylic acids is 1. The molecule has 0 saturated heterocycles. The monoisotopic (exact) mass is 268 g/mol. The lowest BCUT2D eigenvalue weighted by Crippen LogP contribution is -2.32. The van der Waals surface area contributed by atoms with Crippen LogP contribution in [-0.2, 0) is 0 Å². The summed E-state index contributed by atoms with van der Waals surface area (Å²) >= 11 is 0. The van der Waals surface area contributed by atoms with Gasteiger partial charge >= 0.3 is 5.97 Å². The molecule has 0 aromatic heterocycles. The molecule has 1 rings (SSSR count). The molecule has 0 aliphatic carbocycles. The highest BCUT2D eigenvalue weighted by Crippen LogP contribution is 2.23. The first-order valence-electron chi connectivity index (χ1n) is 5.75. The Hall–Kier alpha value is -2.15. The molecule has 3 N–H and O–H groups in total. The van der Waals surface area contributed by atoms with Gasteiger partial charge in [0.1, 0.15) is 5.56 Å². The Morgan fingerprint density at radius 3 is 2.63 bits per heavy atom. The number of hydrogen-bond donors (Lipinski definition) is 3. The largest absolute Gasteiger partial charge is 0.477 e. The summed E-state index contributed by atoms with van der Waals surface area (Å²) in [6, 6.07) is 3.75. The summed E-state index contributed by atoms with van der Waals surface area (Å²) in [6.07, 6.45) is 0.523. The number of carbonyl (C=O) groups is 1. The minimum atomic E-state index is -1.35. The Balaban J connectivity index is 2.97. The first-order chi connectivity index (χ1) is 8.76. The maximum absolute atomic E-state index is 10.8. The Labute approximate surface area is 110 Å². The van der Waals surface area contributed by atoms with Crippen molar-refractivity contribution in [3.63, 3.8) is 0 Å². The van der Waals surface area contributed by atoms with Crippen LogP contribution >= 0.6 is 0 Å². The van der Waals surface area contributed by atoms with Crippen molar-refractivity contribution in [2.75, 3.05) is 11.9 Å². The third-order valence-electron chi connectivity index (χ3n) is 2.86. The molecule has 19 heavy (non-hydrogen) atoms. The number of aliphatic hydroxyl groups is 1. The lowest BCUT2D eigenvalue weighted by Gasteiger charge is -2.22. The molecule has 0 fully saturated rings. The number of nitrogens with one attached hydrogen (secondary N) is 1. The van der Waals surface area contributed by atoms with Crippen LogP contribution in [0.3, 0.4) is 0 Å². The van der Waals surface area contributed by atoms with Gasteiger partial charge in [0.2, 0.25) is 0 Å². The first-order valence-corrected chi connectivity index (χ1v) is 5.75. The minimum absolute atomic E-state index is 0.215. The summed E-state index contributed by atoms with van der Waals surface area (Å²) in [5, 5.41) is 32.3. The summed E-state index contributed by atoms with van der Waals surface area (Å²) in [7, 11) is 0. The molecule has 0 heterocycles. The zero-order chi connectivity index (χ0) is 14.6. The van der Waals surface area contributed by atoms with Crippen molar-refractivity contribution in [3.05, 3.63) is 33.9 Å². The second-order valence-corrected chi connectivity index (χ2v) is 4.50. The first kappa shape index (κ1) is 14.9. The van der Waals surface area contributed by atoms with Gasteiger partial charge in [0, 0.05) is 18.3 Å². The van der Waals surface area contributed by atoms with E-state index in [2.05, 4.69) is 5.32 Å². The number of nitro benzene ring substituents is 1. The van der Waals surface area contributed by atoms with Crippen molar-refractivity contribution in [2.45, 2.75) is 25.9 Å². The van der Waals surface area contributed by atoms with Crippen LogP contribution in [0.4, 0.5) is 11.4 Å². The average molecular weight is 268 g/mol. The van der Waals surface area contributed by atoms with Gasteiger partial charge in [0.25, 0.3) is 5.69 Å². The van der Waals surface area contributed by atoms with E-state index in [0.717, 1.165) is 6.07 Å². The molecule has 7 nitrogen and oxygen atoms in total. The Morgan fingerprint density at radius 2 is 2.16 bits per heavy atom. The van der Waals surface area contributed by atoms with Crippen LogP contribution in [-0.4, -0.2) is 33.3 Å². The predicted molar refractivity (Wildman–Crippen MR) is 69.5 cm³/mol. The zero-order valence-corrected chi connectivity index (χ0v) is 10.7. The van der Waals surface area contributed by atoms with Gasteiger partial charge in [-0.25, -0.2) is 4.79 Å². The lowest BCUT2D eigenvalue weighted by atomic mass is 10.0. The number of rotatable bonds is 6. The Morgan fingerprint density at radius 1 is 1.53 bits per heavy atom. The number of nitrogens with zero attached hydrogens (tertiary/aromatic N) is 1. The zero-order valence-electron chi connectivity index (χ0n) is 10.7. The van der Waals surface area contributed by atoms with E-state index >= 15 is 0 Å². The van der Waals surface area contributed by atoms with E-state index in [-0.39, 0.29) is 12.1 Å². The van der Waals surface area contributed by atoms with Gasteiger partial charge in [-0.2, -0.15) is 0 Å². The highest BCUT2D eigenvalue weighted by atomic mass is 16.6. The highest BCUT2D eigenvalue weighted by Gasteiger charge is 2.21. The van der Waals surface area contributed by atoms with Gasteiger partial charge in [-0.1, -0.05) is 6.92 Å². The maximum Gasteiger partial charge on any atom is 0.342 e. The van der Waals surface area contributed by atoms with Gasteiger partial charge < -0.3 is 15.5 Å². The molecule has 1 aromatic carbocycles. The summed E-state index contributed by atoms with van der Waals surface area (Å²) in [4.78, 5) is 20.9. The van der Waals surface area contributed by atoms with Gasteiger partial charge in [0.05, 0.1) is 10.5 Å². The molecule has 0 spiro atoms. The molecule has 7 heteroatoms. The number of hydrogen-bond acceptors (Lipinski definition) is 5. The van der Waals surface area contributed by atoms with Crippen molar-refractivity contribution >= 4 is 17.3 Å². The van der Waals surface area contributed by atoms with E-state index in [1.54, 1.807) is 6.92 Å². The Kier molecular flexibility index (Phi) is 4.44. The molecular weight excluding hydrogens is 252 g/mol. The van der Waals surface area contributed by atoms with Crippen LogP contribution in [0.15, 0.2) is 18.2 Å². The summed E-state index contributed by atoms with van der Waals surface area (Å²) in [5.41, 5.74) is -1.38. The summed E-state index contributed by atoms with van der Waals surface area (Å²) < 4.78 is 0. The predicted octanol–water partition coefficient (Wildman–Crippen LogP) is 1.87. The van der Waals surface area contributed by atoms with Crippen LogP contribution < -0.4 is 5.32 Å². The molecule has 0 aliphatic heterocycles. The fraction of sp³-hybridized carbons (Fsp3) is 0.417. The summed E-state index contributed by atoms with van der Waals surface area (Å²) in [6.45, 7) is 3.67. The third kappa shape index (κ3) is 3.92. The van der Waals surface area contributed by atoms with Gasteiger partial charge in [-0.15, -0.1) is 0 Å². The number of benzene rings is 1. The topological polar surface area (TPSA) is 113 Å². The standard InChI is InChI=1S/C12H16N2O5/c1-3-12(2,17)7-13-8-4-5-9(11(15)16)10(6-8)14(18)19/h4-6,13,17H,3,7H2,1-2H3,(H,15,16). The molecule has 0 saturated carbocycles. The van der Waals surface area contributed by atoms with Crippen molar-refractivity contribution < 1.29 is 19.9 Å². The second-order valence-electron chi connectivity index (χ2n) is 4.50. The van der Waals surface area contributed by atoms with Crippen molar-refractivity contribution in [3.8, 4) is 0 Å². The Bertz CT molecular complexity index is 499. The van der Waals surface area contributed by atoms with Crippen molar-refractivity contribution in [2.24, 2.45) is 0 Å². The molecule has 0 aliphatic rings. The van der Waals surface area contributed by atoms with Gasteiger partial charge in [-0.05, 0) is 25.5 Å². The normalized spacial score (nSPS) is 13.6. The molecule has 104 valence electrons. The number of anilines is 1. The average Bonchev–Trinajstić information content (AvgIpc) is 2.36. The minimum Gasteiger partial charge on any atom is -0.477 e. The van der Waals surface area contributed by atoms with Crippen LogP contribution in [0, 0.1) is 10.1 Å². The summed E-state index contributed by atoms with van der Waals surface area (Å²) in [5.74, 6) is -1.35. The number of aromatic carboxylic acids is 1. The van der Waals surface area contributed by atoms with Gasteiger partial charge in [0.15, 0.2) is 0 Å². The van der Waals surface area contributed by atoms with Crippen LogP contribution in [0.2, 0.25) is 0 Å². The van der Waals surface area contributed by atoms with Crippen LogP contribution in [0.5, 0.6) is 0 Å². The second kappa shape index (κ2) is 5.66. The lowest BCUT2D eigenvalue weighted by molar-refractivity contribution is -0.385. The quantitative estimate of drug-likeness (QED) is 0.536.